The largest absolute Gasteiger partial charge is 0.480 e. The molecule has 4 amide bonds. The molecule has 1 fully saturated rings. The van der Waals surface area contributed by atoms with Crippen molar-refractivity contribution in [1.82, 2.24) is 25.3 Å². The molecule has 6 unspecified atom stereocenters. The van der Waals surface area contributed by atoms with E-state index < -0.39 is 48.1 Å². The molecule has 42 heavy (non-hydrogen) atoms. The summed E-state index contributed by atoms with van der Waals surface area (Å²) in [7, 11) is 8.24. The number of carbonyl (C=O) groups is 5. The van der Waals surface area contributed by atoms with Crippen LogP contribution in [0.5, 0.6) is 0 Å². The molecule has 0 aromatic heterocycles. The third-order valence-electron chi connectivity index (χ3n) is 8.79. The lowest BCUT2D eigenvalue weighted by molar-refractivity contribution is -0.146. The summed E-state index contributed by atoms with van der Waals surface area (Å²) in [4.78, 5) is 68.1. The van der Waals surface area contributed by atoms with Gasteiger partial charge in [-0.15, -0.1) is 0 Å². The first-order chi connectivity index (χ1) is 19.5. The summed E-state index contributed by atoms with van der Waals surface area (Å²) in [5.41, 5.74) is -0.794. The topological polar surface area (TPSA) is 158 Å². The lowest BCUT2D eigenvalue weighted by Gasteiger charge is -2.39. The third-order valence-corrected chi connectivity index (χ3v) is 8.79. The Morgan fingerprint density at radius 1 is 1.02 bits per heavy atom. The van der Waals surface area contributed by atoms with Crippen LogP contribution in [-0.4, -0.2) is 134 Å². The first-order valence-corrected chi connectivity index (χ1v) is 14.6. The number of carbonyl (C=O) groups excluding carboxylic acids is 4. The average Bonchev–Trinajstić information content (AvgIpc) is 3.43. The Balaban J connectivity index is 3.06. The van der Waals surface area contributed by atoms with Crippen LogP contribution in [0.4, 0.5) is 0 Å². The molecule has 1 aliphatic heterocycles. The molecule has 1 rings (SSSR count). The zero-order valence-electron chi connectivity index (χ0n) is 27.1. The van der Waals surface area contributed by atoms with Crippen LogP contribution in [0.15, 0.2) is 0 Å². The highest BCUT2D eigenvalue weighted by Crippen LogP contribution is 2.29. The Labute approximate surface area is 250 Å². The minimum atomic E-state index is -1.15. The van der Waals surface area contributed by atoms with E-state index in [0.717, 1.165) is 12.8 Å². The van der Waals surface area contributed by atoms with Crippen LogP contribution < -0.4 is 10.6 Å². The van der Waals surface area contributed by atoms with Gasteiger partial charge in [-0.3, -0.25) is 28.9 Å². The maximum Gasteiger partial charge on any atom is 0.322 e. The molecule has 0 aromatic carbocycles. The van der Waals surface area contributed by atoms with Gasteiger partial charge in [-0.1, -0.05) is 27.2 Å². The fourth-order valence-corrected chi connectivity index (χ4v) is 5.35. The van der Waals surface area contributed by atoms with Crippen LogP contribution in [-0.2, 0) is 33.4 Å². The molecule has 0 saturated carbocycles. The summed E-state index contributed by atoms with van der Waals surface area (Å²) in [6.45, 7) is 9.00. The van der Waals surface area contributed by atoms with E-state index in [-0.39, 0.29) is 42.6 Å². The zero-order chi connectivity index (χ0) is 32.4. The van der Waals surface area contributed by atoms with Gasteiger partial charge in [-0.05, 0) is 46.7 Å². The summed E-state index contributed by atoms with van der Waals surface area (Å²) in [5, 5.41) is 14.0. The van der Waals surface area contributed by atoms with Crippen LogP contribution in [0, 0.1) is 11.8 Å². The highest BCUT2D eigenvalue weighted by Gasteiger charge is 2.42. The van der Waals surface area contributed by atoms with Gasteiger partial charge in [0.1, 0.15) is 6.54 Å². The molecule has 13 heteroatoms. The molecule has 0 aliphatic carbocycles. The maximum absolute atomic E-state index is 13.7. The first kappa shape index (κ1) is 37.3. The minimum absolute atomic E-state index is 0.00957. The van der Waals surface area contributed by atoms with Crippen molar-refractivity contribution in [3.05, 3.63) is 0 Å². The van der Waals surface area contributed by atoms with Crippen molar-refractivity contribution < 1.29 is 38.6 Å². The Morgan fingerprint density at radius 3 is 2.14 bits per heavy atom. The average molecular weight is 600 g/mol. The number of amides is 4. The van der Waals surface area contributed by atoms with Crippen molar-refractivity contribution >= 4 is 29.6 Å². The third kappa shape index (κ3) is 9.63. The molecule has 242 valence electrons. The van der Waals surface area contributed by atoms with Crippen LogP contribution in [0.3, 0.4) is 0 Å². The van der Waals surface area contributed by atoms with Gasteiger partial charge < -0.3 is 35.0 Å². The van der Waals surface area contributed by atoms with E-state index in [4.69, 9.17) is 14.6 Å². The van der Waals surface area contributed by atoms with E-state index in [1.165, 1.54) is 14.2 Å². The van der Waals surface area contributed by atoms with E-state index in [1.54, 1.807) is 56.6 Å². The van der Waals surface area contributed by atoms with Crippen molar-refractivity contribution in [3.63, 3.8) is 0 Å². The number of ether oxygens (including phenoxy) is 2. The van der Waals surface area contributed by atoms with Gasteiger partial charge in [0.15, 0.2) is 0 Å². The number of nitrogens with zero attached hydrogens (tertiary/aromatic N) is 3. The predicted octanol–water partition coefficient (Wildman–Crippen LogP) is 0.564. The number of nitrogens with one attached hydrogen (secondary N) is 2. The lowest BCUT2D eigenvalue weighted by atomic mass is 9.90. The molecule has 1 heterocycles. The Morgan fingerprint density at radius 2 is 1.64 bits per heavy atom. The van der Waals surface area contributed by atoms with E-state index in [2.05, 4.69) is 10.6 Å². The standard InChI is InChI=1S/C29H53N5O8/c1-11-18(2)25(33(8)23(36)16-31-28(40)29(4,5)32(6)7)21(41-9)15-22(35)34-14-12-13-20(34)26(42-10)19(3)27(39)30-17-24(37)38/h18-21,25-26H,11-17H2,1-10H3,(H,30,39)(H,31,40)(H,37,38). The fourth-order valence-electron chi connectivity index (χ4n) is 5.35. The molecule has 0 spiro atoms. The number of methoxy groups -OCH3 is 2. The van der Waals surface area contributed by atoms with Crippen molar-refractivity contribution in [2.24, 2.45) is 11.8 Å². The summed E-state index contributed by atoms with van der Waals surface area (Å²) in [6.07, 6.45) is 0.861. The van der Waals surface area contributed by atoms with Gasteiger partial charge in [-0.2, -0.15) is 0 Å². The second-order valence-corrected chi connectivity index (χ2v) is 11.9. The zero-order valence-corrected chi connectivity index (χ0v) is 27.1. The van der Waals surface area contributed by atoms with Crippen molar-refractivity contribution in [2.75, 3.05) is 55.0 Å². The molecule has 0 radical (unpaired) electrons. The predicted molar refractivity (Wildman–Crippen MR) is 158 cm³/mol. The van der Waals surface area contributed by atoms with Crippen LogP contribution in [0.1, 0.15) is 60.3 Å². The number of likely N-dealkylation sites (N-methyl/N-ethyl adjacent to an activating group) is 2. The number of likely N-dealkylation sites (tertiary alicyclic amines) is 1. The molecule has 1 saturated heterocycles. The number of aliphatic carboxylic acids is 1. The molecule has 1 aliphatic rings. The fraction of sp³-hybridized carbons (Fsp3) is 0.828. The van der Waals surface area contributed by atoms with E-state index in [9.17, 15) is 24.0 Å². The van der Waals surface area contributed by atoms with Crippen LogP contribution in [0.2, 0.25) is 0 Å². The van der Waals surface area contributed by atoms with Crippen LogP contribution in [0.25, 0.3) is 0 Å². The SMILES string of the molecule is CCC(C)C(C(CC(=O)N1CCCC1C(OC)C(C)C(=O)NCC(=O)O)OC)N(C)C(=O)CNC(=O)C(C)(C)N(C)C. The monoisotopic (exact) mass is 599 g/mol. The van der Waals surface area contributed by atoms with E-state index in [1.807, 2.05) is 13.8 Å². The normalized spacial score (nSPS) is 19.0. The van der Waals surface area contributed by atoms with Crippen molar-refractivity contribution in [1.29, 1.82) is 0 Å². The van der Waals surface area contributed by atoms with Crippen LogP contribution >= 0.6 is 0 Å². The summed E-state index contributed by atoms with van der Waals surface area (Å²) >= 11 is 0. The molecule has 3 N–H and O–H groups in total. The molecular weight excluding hydrogens is 546 g/mol. The number of hydrogen-bond acceptors (Lipinski definition) is 8. The molecule has 13 nitrogen and oxygen atoms in total. The second-order valence-electron chi connectivity index (χ2n) is 11.9. The quantitative estimate of drug-likeness (QED) is 0.217. The number of rotatable bonds is 17. The summed E-state index contributed by atoms with van der Waals surface area (Å²) in [5.74, 6) is -3.05. The van der Waals surface area contributed by atoms with Gasteiger partial charge in [-0.25, -0.2) is 0 Å². The van der Waals surface area contributed by atoms with Crippen molar-refractivity contribution in [3.8, 4) is 0 Å². The number of hydrogen-bond donors (Lipinski definition) is 3. The highest BCUT2D eigenvalue weighted by molar-refractivity contribution is 5.89. The smallest absolute Gasteiger partial charge is 0.322 e. The molecule has 0 aromatic rings. The van der Waals surface area contributed by atoms with Gasteiger partial charge in [0.2, 0.25) is 23.6 Å². The maximum atomic E-state index is 13.7. The molecule has 6 atom stereocenters. The van der Waals surface area contributed by atoms with E-state index >= 15 is 0 Å². The van der Waals surface area contributed by atoms with Gasteiger partial charge in [0.05, 0.1) is 48.7 Å². The first-order valence-electron chi connectivity index (χ1n) is 14.6. The van der Waals surface area contributed by atoms with E-state index in [0.29, 0.717) is 13.0 Å². The molecule has 0 bridgehead atoms. The van der Waals surface area contributed by atoms with Gasteiger partial charge in [0.25, 0.3) is 0 Å². The number of carboxylic acids is 1. The Bertz CT molecular complexity index is 943. The van der Waals surface area contributed by atoms with Gasteiger partial charge in [0, 0.05) is 27.8 Å². The molecular formula is C29H53N5O8. The highest BCUT2D eigenvalue weighted by atomic mass is 16.5. The lowest BCUT2D eigenvalue weighted by Crippen LogP contribution is -2.56. The Kier molecular flexibility index (Phi) is 14.9. The summed E-state index contributed by atoms with van der Waals surface area (Å²) < 4.78 is 11.5. The Hall–Kier alpha value is -2.77. The number of carboxylic acid groups (broad SMARTS) is 1. The minimum Gasteiger partial charge on any atom is -0.480 e. The second kappa shape index (κ2) is 16.8. The van der Waals surface area contributed by atoms with Gasteiger partial charge >= 0.3 is 5.97 Å². The summed E-state index contributed by atoms with van der Waals surface area (Å²) in [6, 6.07) is -0.808. The van der Waals surface area contributed by atoms with Crippen molar-refractivity contribution in [2.45, 2.75) is 90.1 Å².